The standard InChI is InChI=1S/C14H24N4O2/c1-14(2,15)13-16-12(20-17-13)9-18-7-8-19-11-6-4-3-5-10(11)18/h10-11H,3-9,15H2,1-2H3. The van der Waals surface area contributed by atoms with Crippen LogP contribution in [-0.4, -0.2) is 40.3 Å². The number of fused-ring (bicyclic) bond motifs is 1. The number of aromatic nitrogens is 2. The highest BCUT2D eigenvalue weighted by atomic mass is 16.5. The Balaban J connectivity index is 1.68. The van der Waals surface area contributed by atoms with Gasteiger partial charge in [-0.1, -0.05) is 18.0 Å². The van der Waals surface area contributed by atoms with Gasteiger partial charge in [0.05, 0.1) is 24.8 Å². The van der Waals surface area contributed by atoms with E-state index in [1.807, 2.05) is 13.8 Å². The van der Waals surface area contributed by atoms with Gasteiger partial charge in [0.15, 0.2) is 5.82 Å². The highest BCUT2D eigenvalue weighted by Crippen LogP contribution is 2.29. The molecule has 1 aromatic rings. The molecule has 2 fully saturated rings. The molecule has 1 saturated carbocycles. The van der Waals surface area contributed by atoms with Gasteiger partial charge in [-0.15, -0.1) is 0 Å². The van der Waals surface area contributed by atoms with Gasteiger partial charge in [0, 0.05) is 12.6 Å². The van der Waals surface area contributed by atoms with Gasteiger partial charge < -0.3 is 15.0 Å². The smallest absolute Gasteiger partial charge is 0.240 e. The Morgan fingerprint density at radius 3 is 2.90 bits per heavy atom. The molecule has 0 aromatic carbocycles. The topological polar surface area (TPSA) is 77.4 Å². The van der Waals surface area contributed by atoms with Crippen molar-refractivity contribution < 1.29 is 9.26 Å². The van der Waals surface area contributed by atoms with Crippen LogP contribution >= 0.6 is 0 Å². The summed E-state index contributed by atoms with van der Waals surface area (Å²) in [5.74, 6) is 1.23. The molecule has 2 atom stereocenters. The number of nitrogens with zero attached hydrogens (tertiary/aromatic N) is 3. The fourth-order valence-electron chi connectivity index (χ4n) is 3.13. The van der Waals surface area contributed by atoms with Crippen LogP contribution in [0, 0.1) is 0 Å². The molecule has 1 aliphatic heterocycles. The summed E-state index contributed by atoms with van der Waals surface area (Å²) in [7, 11) is 0. The molecular weight excluding hydrogens is 256 g/mol. The molecule has 1 saturated heterocycles. The Labute approximate surface area is 119 Å². The third kappa shape index (κ3) is 2.87. The largest absolute Gasteiger partial charge is 0.375 e. The zero-order valence-electron chi connectivity index (χ0n) is 12.3. The molecule has 6 heteroatoms. The van der Waals surface area contributed by atoms with Crippen LogP contribution in [0.1, 0.15) is 51.2 Å². The summed E-state index contributed by atoms with van der Waals surface area (Å²) in [4.78, 5) is 6.85. The number of rotatable bonds is 3. The minimum atomic E-state index is -0.555. The maximum atomic E-state index is 5.99. The predicted octanol–water partition coefficient (Wildman–Crippen LogP) is 1.41. The number of morpholine rings is 1. The van der Waals surface area contributed by atoms with Crippen molar-refractivity contribution in [2.45, 2.75) is 63.8 Å². The van der Waals surface area contributed by atoms with Crippen molar-refractivity contribution in [1.82, 2.24) is 15.0 Å². The highest BCUT2D eigenvalue weighted by molar-refractivity contribution is 4.99. The fraction of sp³-hybridized carbons (Fsp3) is 0.857. The Hall–Kier alpha value is -0.980. The molecule has 0 radical (unpaired) electrons. The molecular formula is C14H24N4O2. The lowest BCUT2D eigenvalue weighted by Crippen LogP contribution is -2.52. The molecule has 1 aliphatic carbocycles. The molecule has 20 heavy (non-hydrogen) atoms. The second kappa shape index (κ2) is 5.42. The van der Waals surface area contributed by atoms with Crippen LogP contribution in [0.3, 0.4) is 0 Å². The minimum absolute atomic E-state index is 0.380. The average molecular weight is 280 g/mol. The lowest BCUT2D eigenvalue weighted by molar-refractivity contribution is -0.0933. The summed E-state index contributed by atoms with van der Waals surface area (Å²) in [6.07, 6.45) is 5.32. The molecule has 2 aliphatic rings. The Morgan fingerprint density at radius 2 is 2.15 bits per heavy atom. The molecule has 2 unspecified atom stereocenters. The second-order valence-electron chi connectivity index (χ2n) is 6.46. The third-order valence-corrected chi connectivity index (χ3v) is 4.23. The quantitative estimate of drug-likeness (QED) is 0.902. The zero-order chi connectivity index (χ0) is 14.2. The van der Waals surface area contributed by atoms with E-state index in [2.05, 4.69) is 15.0 Å². The molecule has 3 rings (SSSR count). The summed E-state index contributed by atoms with van der Waals surface area (Å²) < 4.78 is 11.2. The van der Waals surface area contributed by atoms with E-state index in [9.17, 15) is 0 Å². The molecule has 6 nitrogen and oxygen atoms in total. The number of hydrogen-bond donors (Lipinski definition) is 1. The normalized spacial score (nSPS) is 28.4. The van der Waals surface area contributed by atoms with Gasteiger partial charge in [0.2, 0.25) is 5.89 Å². The van der Waals surface area contributed by atoms with Crippen LogP contribution in [0.15, 0.2) is 4.52 Å². The summed E-state index contributed by atoms with van der Waals surface area (Å²) >= 11 is 0. The van der Waals surface area contributed by atoms with Crippen LogP contribution < -0.4 is 5.73 Å². The van der Waals surface area contributed by atoms with E-state index >= 15 is 0 Å². The first-order valence-electron chi connectivity index (χ1n) is 7.51. The van der Waals surface area contributed by atoms with Crippen LogP contribution in [-0.2, 0) is 16.8 Å². The SMILES string of the molecule is CC(C)(N)c1noc(CN2CCOC3CCCCC32)n1. The average Bonchev–Trinajstić information content (AvgIpc) is 2.88. The van der Waals surface area contributed by atoms with Gasteiger partial charge in [-0.05, 0) is 26.7 Å². The van der Waals surface area contributed by atoms with Crippen LogP contribution in [0.25, 0.3) is 0 Å². The van der Waals surface area contributed by atoms with Crippen LogP contribution in [0.4, 0.5) is 0 Å². The monoisotopic (exact) mass is 280 g/mol. The summed E-state index contributed by atoms with van der Waals surface area (Å²) in [6, 6.07) is 0.499. The highest BCUT2D eigenvalue weighted by Gasteiger charge is 2.35. The first kappa shape index (κ1) is 14.0. The Bertz CT molecular complexity index is 452. The lowest BCUT2D eigenvalue weighted by Gasteiger charge is -2.43. The van der Waals surface area contributed by atoms with E-state index in [-0.39, 0.29) is 0 Å². The second-order valence-corrected chi connectivity index (χ2v) is 6.46. The Kier molecular flexibility index (Phi) is 3.79. The van der Waals surface area contributed by atoms with Gasteiger partial charge in [-0.3, -0.25) is 4.90 Å². The first-order chi connectivity index (χ1) is 9.54. The predicted molar refractivity (Wildman–Crippen MR) is 73.9 cm³/mol. The maximum absolute atomic E-state index is 5.99. The van der Waals surface area contributed by atoms with Crippen molar-refractivity contribution >= 4 is 0 Å². The molecule has 0 bridgehead atoms. The van der Waals surface area contributed by atoms with Gasteiger partial charge in [0.25, 0.3) is 0 Å². The molecule has 2 N–H and O–H groups in total. The van der Waals surface area contributed by atoms with E-state index < -0.39 is 5.54 Å². The molecule has 1 aromatic heterocycles. The van der Waals surface area contributed by atoms with Gasteiger partial charge in [-0.2, -0.15) is 4.98 Å². The van der Waals surface area contributed by atoms with E-state index in [0.29, 0.717) is 30.4 Å². The van der Waals surface area contributed by atoms with Crippen molar-refractivity contribution in [3.63, 3.8) is 0 Å². The van der Waals surface area contributed by atoms with Crippen molar-refractivity contribution in [1.29, 1.82) is 0 Å². The van der Waals surface area contributed by atoms with Crippen molar-refractivity contribution in [2.75, 3.05) is 13.2 Å². The third-order valence-electron chi connectivity index (χ3n) is 4.23. The van der Waals surface area contributed by atoms with E-state index in [1.54, 1.807) is 0 Å². The number of nitrogens with two attached hydrogens (primary N) is 1. The number of hydrogen-bond acceptors (Lipinski definition) is 6. The Morgan fingerprint density at radius 1 is 1.35 bits per heavy atom. The minimum Gasteiger partial charge on any atom is -0.375 e. The molecule has 2 heterocycles. The first-order valence-corrected chi connectivity index (χ1v) is 7.51. The summed E-state index contributed by atoms with van der Waals surface area (Å²) in [5, 5.41) is 3.99. The van der Waals surface area contributed by atoms with Crippen molar-refractivity contribution in [2.24, 2.45) is 5.73 Å². The lowest BCUT2D eigenvalue weighted by atomic mass is 9.90. The van der Waals surface area contributed by atoms with Crippen LogP contribution in [0.2, 0.25) is 0 Å². The van der Waals surface area contributed by atoms with Crippen LogP contribution in [0.5, 0.6) is 0 Å². The van der Waals surface area contributed by atoms with E-state index in [4.69, 9.17) is 15.0 Å². The fourth-order valence-corrected chi connectivity index (χ4v) is 3.13. The van der Waals surface area contributed by atoms with Gasteiger partial charge in [0.1, 0.15) is 0 Å². The number of ether oxygens (including phenoxy) is 1. The van der Waals surface area contributed by atoms with Crippen molar-refractivity contribution in [3.05, 3.63) is 11.7 Å². The molecule has 0 amide bonds. The molecule has 0 spiro atoms. The summed E-state index contributed by atoms with van der Waals surface area (Å²) in [5.41, 5.74) is 5.44. The van der Waals surface area contributed by atoms with Crippen molar-refractivity contribution in [3.8, 4) is 0 Å². The van der Waals surface area contributed by atoms with E-state index in [0.717, 1.165) is 13.2 Å². The zero-order valence-corrected chi connectivity index (χ0v) is 12.3. The molecule has 112 valence electrons. The van der Waals surface area contributed by atoms with E-state index in [1.165, 1.54) is 25.7 Å². The summed E-state index contributed by atoms with van der Waals surface area (Å²) in [6.45, 7) is 6.20. The van der Waals surface area contributed by atoms with Gasteiger partial charge in [-0.25, -0.2) is 0 Å². The maximum Gasteiger partial charge on any atom is 0.240 e. The van der Waals surface area contributed by atoms with Gasteiger partial charge >= 0.3 is 0 Å².